The fourth-order valence-corrected chi connectivity index (χ4v) is 2.61. The Morgan fingerprint density at radius 3 is 2.39 bits per heavy atom. The average molecular weight is 405 g/mol. The zero-order valence-electron chi connectivity index (χ0n) is 16.2. The maximum Gasteiger partial charge on any atom is 0.408 e. The summed E-state index contributed by atoms with van der Waals surface area (Å²) in [6.45, 7) is 5.34. The zero-order chi connectivity index (χ0) is 20.7. The van der Waals surface area contributed by atoms with Crippen molar-refractivity contribution < 1.29 is 19.1 Å². The highest BCUT2D eigenvalue weighted by Gasteiger charge is 2.26. The first-order valence-corrected chi connectivity index (χ1v) is 9.26. The van der Waals surface area contributed by atoms with Crippen LogP contribution in [-0.4, -0.2) is 23.7 Å². The lowest BCUT2D eigenvalue weighted by molar-refractivity contribution is -0.147. The number of nitrogens with two attached hydrogens (primary N) is 1. The molecule has 2 aromatic carbocycles. The van der Waals surface area contributed by atoms with Crippen LogP contribution in [0.15, 0.2) is 48.5 Å². The molecule has 0 unspecified atom stereocenters. The summed E-state index contributed by atoms with van der Waals surface area (Å²) >= 11 is 6.06. The van der Waals surface area contributed by atoms with Crippen molar-refractivity contribution in [1.82, 2.24) is 5.32 Å². The van der Waals surface area contributed by atoms with Crippen LogP contribution in [0.1, 0.15) is 31.9 Å². The summed E-state index contributed by atoms with van der Waals surface area (Å²) in [5, 5.41) is 2.96. The van der Waals surface area contributed by atoms with Crippen molar-refractivity contribution >= 4 is 29.4 Å². The number of alkyl carbamates (subject to hydrolysis) is 1. The SMILES string of the molecule is CC(C)(C)OC(=O)N[C@@H](Cc1ccc(N)c(Cl)c1)C(=O)OCc1ccccc1. The highest BCUT2D eigenvalue weighted by molar-refractivity contribution is 6.33. The van der Waals surface area contributed by atoms with Gasteiger partial charge in [0, 0.05) is 6.42 Å². The van der Waals surface area contributed by atoms with Crippen molar-refractivity contribution in [3.63, 3.8) is 0 Å². The molecule has 0 saturated heterocycles. The van der Waals surface area contributed by atoms with Crippen molar-refractivity contribution in [2.24, 2.45) is 0 Å². The van der Waals surface area contributed by atoms with Gasteiger partial charge in [-0.2, -0.15) is 0 Å². The van der Waals surface area contributed by atoms with Gasteiger partial charge in [0.2, 0.25) is 0 Å². The first-order valence-electron chi connectivity index (χ1n) is 8.88. The number of carbonyl (C=O) groups is 2. The zero-order valence-corrected chi connectivity index (χ0v) is 17.0. The number of hydrogen-bond donors (Lipinski definition) is 2. The molecular formula is C21H25ClN2O4. The van der Waals surface area contributed by atoms with Crippen LogP contribution in [0.25, 0.3) is 0 Å². The molecule has 150 valence electrons. The predicted octanol–water partition coefficient (Wildman–Crippen LogP) is 4.10. The van der Waals surface area contributed by atoms with Gasteiger partial charge in [-0.15, -0.1) is 0 Å². The van der Waals surface area contributed by atoms with Gasteiger partial charge in [0.1, 0.15) is 18.2 Å². The van der Waals surface area contributed by atoms with E-state index < -0.39 is 23.7 Å². The van der Waals surface area contributed by atoms with Crippen LogP contribution in [0.2, 0.25) is 5.02 Å². The molecule has 0 heterocycles. The molecule has 0 aromatic heterocycles. The third-order valence-corrected chi connectivity index (χ3v) is 4.03. The molecule has 1 atom stereocenters. The highest BCUT2D eigenvalue weighted by Crippen LogP contribution is 2.21. The van der Waals surface area contributed by atoms with E-state index in [1.54, 1.807) is 39.0 Å². The first-order chi connectivity index (χ1) is 13.1. The molecule has 1 amide bonds. The number of rotatable bonds is 6. The summed E-state index contributed by atoms with van der Waals surface area (Å²) in [7, 11) is 0. The number of anilines is 1. The number of carbonyl (C=O) groups excluding carboxylic acids is 2. The summed E-state index contributed by atoms with van der Waals surface area (Å²) in [5.74, 6) is -0.567. The van der Waals surface area contributed by atoms with Gasteiger partial charge in [0.15, 0.2) is 0 Å². The predicted molar refractivity (Wildman–Crippen MR) is 109 cm³/mol. The lowest BCUT2D eigenvalue weighted by Crippen LogP contribution is -2.45. The minimum Gasteiger partial charge on any atom is -0.459 e. The summed E-state index contributed by atoms with van der Waals surface area (Å²) < 4.78 is 10.6. The maximum absolute atomic E-state index is 12.6. The van der Waals surface area contributed by atoms with E-state index in [1.165, 1.54) is 0 Å². The van der Waals surface area contributed by atoms with Crippen molar-refractivity contribution in [2.45, 2.75) is 45.4 Å². The standard InChI is InChI=1S/C21H25ClN2O4/c1-21(2,3)28-20(26)24-18(12-15-9-10-17(23)16(22)11-15)19(25)27-13-14-7-5-4-6-8-14/h4-11,18H,12-13,23H2,1-3H3,(H,24,26)/t18-/m0/s1. The molecule has 28 heavy (non-hydrogen) atoms. The summed E-state index contributed by atoms with van der Waals surface area (Å²) in [6.07, 6.45) is -0.511. The van der Waals surface area contributed by atoms with Crippen molar-refractivity contribution in [3.05, 3.63) is 64.7 Å². The molecule has 0 aliphatic heterocycles. The molecule has 0 bridgehead atoms. The van der Waals surface area contributed by atoms with Crippen LogP contribution in [0.5, 0.6) is 0 Å². The molecule has 0 saturated carbocycles. The largest absolute Gasteiger partial charge is 0.459 e. The van der Waals surface area contributed by atoms with Gasteiger partial charge in [0.25, 0.3) is 0 Å². The lowest BCUT2D eigenvalue weighted by atomic mass is 10.1. The molecule has 2 rings (SSSR count). The fraction of sp³-hybridized carbons (Fsp3) is 0.333. The summed E-state index contributed by atoms with van der Waals surface area (Å²) in [5.41, 5.74) is 7.06. The normalized spacial score (nSPS) is 12.1. The number of esters is 1. The Hall–Kier alpha value is -2.73. The Morgan fingerprint density at radius 1 is 1.11 bits per heavy atom. The van der Waals surface area contributed by atoms with E-state index in [0.29, 0.717) is 10.7 Å². The van der Waals surface area contributed by atoms with E-state index in [9.17, 15) is 9.59 Å². The van der Waals surface area contributed by atoms with Crippen molar-refractivity contribution in [2.75, 3.05) is 5.73 Å². The quantitative estimate of drug-likeness (QED) is 0.558. The number of ether oxygens (including phenoxy) is 2. The van der Waals surface area contributed by atoms with Gasteiger partial charge in [-0.25, -0.2) is 9.59 Å². The van der Waals surface area contributed by atoms with Crippen LogP contribution in [0.4, 0.5) is 10.5 Å². The van der Waals surface area contributed by atoms with E-state index in [-0.39, 0.29) is 13.0 Å². The molecule has 2 aromatic rings. The Bertz CT molecular complexity index is 819. The molecule has 0 spiro atoms. The van der Waals surface area contributed by atoms with Gasteiger partial charge in [-0.3, -0.25) is 0 Å². The number of halogens is 1. The molecule has 7 heteroatoms. The van der Waals surface area contributed by atoms with E-state index in [0.717, 1.165) is 11.1 Å². The number of nitrogens with one attached hydrogen (secondary N) is 1. The van der Waals surface area contributed by atoms with Crippen LogP contribution < -0.4 is 11.1 Å². The average Bonchev–Trinajstić information content (AvgIpc) is 2.61. The smallest absolute Gasteiger partial charge is 0.408 e. The number of benzene rings is 2. The second kappa shape index (κ2) is 9.46. The lowest BCUT2D eigenvalue weighted by Gasteiger charge is -2.23. The second-order valence-corrected chi connectivity index (χ2v) is 7.76. The van der Waals surface area contributed by atoms with Crippen LogP contribution in [0, 0.1) is 0 Å². The second-order valence-electron chi connectivity index (χ2n) is 7.35. The fourth-order valence-electron chi connectivity index (χ4n) is 2.41. The molecule has 0 aliphatic rings. The third kappa shape index (κ3) is 7.12. The number of hydrogen-bond acceptors (Lipinski definition) is 5. The van der Waals surface area contributed by atoms with Crippen LogP contribution in [-0.2, 0) is 27.3 Å². The van der Waals surface area contributed by atoms with E-state index in [1.807, 2.05) is 30.3 Å². The monoisotopic (exact) mass is 404 g/mol. The summed E-state index contributed by atoms with van der Waals surface area (Å²) in [6, 6.07) is 13.4. The Balaban J connectivity index is 2.10. The topological polar surface area (TPSA) is 90.6 Å². The molecule has 6 nitrogen and oxygen atoms in total. The third-order valence-electron chi connectivity index (χ3n) is 3.70. The molecule has 0 aliphatic carbocycles. The van der Waals surface area contributed by atoms with E-state index in [2.05, 4.69) is 5.32 Å². The minimum absolute atomic E-state index is 0.106. The van der Waals surface area contributed by atoms with Gasteiger partial charge in [0.05, 0.1) is 10.7 Å². The molecule has 0 radical (unpaired) electrons. The summed E-state index contributed by atoms with van der Waals surface area (Å²) in [4.78, 5) is 24.8. The highest BCUT2D eigenvalue weighted by atomic mass is 35.5. The van der Waals surface area contributed by atoms with Gasteiger partial charge < -0.3 is 20.5 Å². The molecule has 0 fully saturated rings. The minimum atomic E-state index is -0.932. The van der Waals surface area contributed by atoms with E-state index in [4.69, 9.17) is 26.8 Å². The van der Waals surface area contributed by atoms with Crippen LogP contribution in [0.3, 0.4) is 0 Å². The van der Waals surface area contributed by atoms with Crippen molar-refractivity contribution in [3.8, 4) is 0 Å². The van der Waals surface area contributed by atoms with Gasteiger partial charge in [-0.05, 0) is 44.0 Å². The molecular weight excluding hydrogens is 380 g/mol. The Kier molecular flexibility index (Phi) is 7.29. The Labute approximate surface area is 170 Å². The molecule has 3 N–H and O–H groups in total. The number of nitrogen functional groups attached to an aromatic ring is 1. The maximum atomic E-state index is 12.6. The van der Waals surface area contributed by atoms with E-state index >= 15 is 0 Å². The number of amides is 1. The first kappa shape index (κ1) is 21.6. The van der Waals surface area contributed by atoms with Crippen molar-refractivity contribution in [1.29, 1.82) is 0 Å². The van der Waals surface area contributed by atoms with Gasteiger partial charge >= 0.3 is 12.1 Å². The van der Waals surface area contributed by atoms with Gasteiger partial charge in [-0.1, -0.05) is 48.0 Å². The van der Waals surface area contributed by atoms with Crippen LogP contribution >= 0.6 is 11.6 Å². The Morgan fingerprint density at radius 2 is 1.79 bits per heavy atom.